The van der Waals surface area contributed by atoms with Crippen LogP contribution in [-0.2, 0) is 0 Å². The molecule has 5 heteroatoms. The standard InChI is InChI=1S/C9H7N3O2/c13-12(14)9-6-10-11(7-9)8-4-2-1-3-5-8/h1-7H. The number of aromatic nitrogens is 2. The molecule has 0 radical (unpaired) electrons. The molecule has 0 aliphatic heterocycles. The summed E-state index contributed by atoms with van der Waals surface area (Å²) in [6.07, 6.45) is 2.61. The Morgan fingerprint density at radius 1 is 1.29 bits per heavy atom. The summed E-state index contributed by atoms with van der Waals surface area (Å²) in [6.45, 7) is 0. The predicted molar refractivity (Wildman–Crippen MR) is 50.2 cm³/mol. The van der Waals surface area contributed by atoms with E-state index >= 15 is 0 Å². The molecular formula is C9H7N3O2. The minimum absolute atomic E-state index is 0.00569. The summed E-state index contributed by atoms with van der Waals surface area (Å²) in [7, 11) is 0. The highest BCUT2D eigenvalue weighted by molar-refractivity contribution is 5.33. The molecule has 0 saturated carbocycles. The number of hydrogen-bond acceptors (Lipinski definition) is 3. The van der Waals surface area contributed by atoms with E-state index in [4.69, 9.17) is 0 Å². The summed E-state index contributed by atoms with van der Waals surface area (Å²) in [5.74, 6) is 0. The first-order valence-electron chi connectivity index (χ1n) is 4.02. The van der Waals surface area contributed by atoms with E-state index in [1.165, 1.54) is 17.1 Å². The highest BCUT2D eigenvalue weighted by Gasteiger charge is 2.08. The molecule has 0 N–H and O–H groups in total. The van der Waals surface area contributed by atoms with E-state index in [-0.39, 0.29) is 5.69 Å². The molecule has 0 bridgehead atoms. The van der Waals surface area contributed by atoms with E-state index in [1.807, 2.05) is 30.3 Å². The van der Waals surface area contributed by atoms with Gasteiger partial charge in [0.05, 0.1) is 10.6 Å². The Morgan fingerprint density at radius 2 is 2.00 bits per heavy atom. The first-order chi connectivity index (χ1) is 6.77. The van der Waals surface area contributed by atoms with Gasteiger partial charge in [-0.25, -0.2) is 4.68 Å². The van der Waals surface area contributed by atoms with Crippen molar-refractivity contribution >= 4 is 5.69 Å². The van der Waals surface area contributed by atoms with Gasteiger partial charge in [0.1, 0.15) is 12.4 Å². The highest BCUT2D eigenvalue weighted by atomic mass is 16.6. The quantitative estimate of drug-likeness (QED) is 0.534. The van der Waals surface area contributed by atoms with Crippen molar-refractivity contribution in [3.8, 4) is 5.69 Å². The largest absolute Gasteiger partial charge is 0.307 e. The molecule has 0 spiro atoms. The molecule has 2 aromatic rings. The van der Waals surface area contributed by atoms with Gasteiger partial charge >= 0.3 is 5.69 Å². The van der Waals surface area contributed by atoms with Crippen molar-refractivity contribution in [3.05, 3.63) is 52.8 Å². The average Bonchev–Trinajstić information content (AvgIpc) is 2.68. The highest BCUT2D eigenvalue weighted by Crippen LogP contribution is 2.12. The van der Waals surface area contributed by atoms with E-state index in [9.17, 15) is 10.1 Å². The maximum absolute atomic E-state index is 10.4. The normalized spacial score (nSPS) is 10.0. The minimum Gasteiger partial charge on any atom is -0.258 e. The molecule has 0 amide bonds. The second-order valence-electron chi connectivity index (χ2n) is 2.74. The lowest BCUT2D eigenvalue weighted by atomic mass is 10.3. The van der Waals surface area contributed by atoms with Crippen LogP contribution in [0.15, 0.2) is 42.7 Å². The Balaban J connectivity index is 2.39. The Labute approximate surface area is 79.7 Å². The third kappa shape index (κ3) is 1.47. The molecule has 14 heavy (non-hydrogen) atoms. The first kappa shape index (κ1) is 8.43. The molecule has 1 aromatic heterocycles. The number of para-hydroxylation sites is 1. The van der Waals surface area contributed by atoms with E-state index in [0.29, 0.717) is 0 Å². The van der Waals surface area contributed by atoms with Gasteiger partial charge in [-0.15, -0.1) is 0 Å². The number of hydrogen-bond donors (Lipinski definition) is 0. The summed E-state index contributed by atoms with van der Waals surface area (Å²) in [5.41, 5.74) is 0.800. The molecule has 0 aliphatic carbocycles. The van der Waals surface area contributed by atoms with Crippen molar-refractivity contribution in [2.24, 2.45) is 0 Å². The number of nitrogens with zero attached hydrogens (tertiary/aromatic N) is 3. The van der Waals surface area contributed by atoms with Crippen LogP contribution < -0.4 is 0 Å². The van der Waals surface area contributed by atoms with Crippen LogP contribution in [0.2, 0.25) is 0 Å². The molecule has 2 rings (SSSR count). The fourth-order valence-electron chi connectivity index (χ4n) is 1.13. The summed E-state index contributed by atoms with van der Waals surface area (Å²) in [5, 5.41) is 14.3. The van der Waals surface area contributed by atoms with Gasteiger partial charge in [0.15, 0.2) is 0 Å². The van der Waals surface area contributed by atoms with Crippen molar-refractivity contribution in [1.82, 2.24) is 9.78 Å². The number of benzene rings is 1. The predicted octanol–water partition coefficient (Wildman–Crippen LogP) is 1.78. The maximum atomic E-state index is 10.4. The smallest absolute Gasteiger partial charge is 0.258 e. The van der Waals surface area contributed by atoms with Gasteiger partial charge in [-0.2, -0.15) is 5.10 Å². The molecule has 1 aromatic carbocycles. The third-order valence-corrected chi connectivity index (χ3v) is 1.80. The monoisotopic (exact) mass is 189 g/mol. The summed E-state index contributed by atoms with van der Waals surface area (Å²) < 4.78 is 1.47. The van der Waals surface area contributed by atoms with Crippen LogP contribution in [0, 0.1) is 10.1 Å². The van der Waals surface area contributed by atoms with Crippen molar-refractivity contribution in [2.45, 2.75) is 0 Å². The average molecular weight is 189 g/mol. The van der Waals surface area contributed by atoms with Gasteiger partial charge in [-0.1, -0.05) is 18.2 Å². The topological polar surface area (TPSA) is 61.0 Å². The van der Waals surface area contributed by atoms with E-state index < -0.39 is 4.92 Å². The fourth-order valence-corrected chi connectivity index (χ4v) is 1.13. The van der Waals surface area contributed by atoms with Gasteiger partial charge in [0.2, 0.25) is 0 Å². The number of rotatable bonds is 2. The Morgan fingerprint density at radius 3 is 2.57 bits per heavy atom. The lowest BCUT2D eigenvalue weighted by Crippen LogP contribution is -1.92. The zero-order valence-corrected chi connectivity index (χ0v) is 7.20. The molecule has 0 unspecified atom stereocenters. The van der Waals surface area contributed by atoms with E-state index in [0.717, 1.165) is 5.69 Å². The molecule has 70 valence electrons. The molecular weight excluding hydrogens is 182 g/mol. The molecule has 0 saturated heterocycles. The minimum atomic E-state index is -0.466. The van der Waals surface area contributed by atoms with Crippen LogP contribution in [0.4, 0.5) is 5.69 Å². The van der Waals surface area contributed by atoms with Crippen LogP contribution in [0.3, 0.4) is 0 Å². The van der Waals surface area contributed by atoms with Crippen molar-refractivity contribution in [3.63, 3.8) is 0 Å². The van der Waals surface area contributed by atoms with E-state index in [1.54, 1.807) is 0 Å². The summed E-state index contributed by atoms with van der Waals surface area (Å²) in [6, 6.07) is 9.24. The zero-order valence-electron chi connectivity index (χ0n) is 7.20. The molecule has 0 fully saturated rings. The first-order valence-corrected chi connectivity index (χ1v) is 4.02. The summed E-state index contributed by atoms with van der Waals surface area (Å²) >= 11 is 0. The van der Waals surface area contributed by atoms with Crippen molar-refractivity contribution in [2.75, 3.05) is 0 Å². The Bertz CT molecular complexity index is 450. The maximum Gasteiger partial charge on any atom is 0.307 e. The molecule has 0 atom stereocenters. The second kappa shape index (κ2) is 3.29. The number of nitro groups is 1. The van der Waals surface area contributed by atoms with Gasteiger partial charge in [-0.05, 0) is 12.1 Å². The zero-order chi connectivity index (χ0) is 9.97. The van der Waals surface area contributed by atoms with Crippen LogP contribution >= 0.6 is 0 Å². The lowest BCUT2D eigenvalue weighted by molar-refractivity contribution is -0.384. The van der Waals surface area contributed by atoms with Crippen LogP contribution in [0.25, 0.3) is 5.69 Å². The van der Waals surface area contributed by atoms with Gasteiger partial charge in [0.25, 0.3) is 0 Å². The van der Waals surface area contributed by atoms with Crippen LogP contribution in [0.1, 0.15) is 0 Å². The van der Waals surface area contributed by atoms with Gasteiger partial charge in [0, 0.05) is 0 Å². The SMILES string of the molecule is O=[N+]([O-])c1cnn(-c2ccccc2)c1. The molecule has 1 heterocycles. The Hall–Kier alpha value is -2.17. The van der Waals surface area contributed by atoms with E-state index in [2.05, 4.69) is 5.10 Å². The van der Waals surface area contributed by atoms with Crippen molar-refractivity contribution < 1.29 is 4.92 Å². The van der Waals surface area contributed by atoms with Crippen molar-refractivity contribution in [1.29, 1.82) is 0 Å². The molecule has 0 aliphatic rings. The second-order valence-corrected chi connectivity index (χ2v) is 2.74. The fraction of sp³-hybridized carbons (Fsp3) is 0. The summed E-state index contributed by atoms with van der Waals surface area (Å²) in [4.78, 5) is 9.93. The van der Waals surface area contributed by atoms with Crippen LogP contribution in [-0.4, -0.2) is 14.7 Å². The Kier molecular flexibility index (Phi) is 1.98. The lowest BCUT2D eigenvalue weighted by Gasteiger charge is -1.97. The third-order valence-electron chi connectivity index (χ3n) is 1.80. The molecule has 5 nitrogen and oxygen atoms in total. The van der Waals surface area contributed by atoms with Gasteiger partial charge < -0.3 is 0 Å². The van der Waals surface area contributed by atoms with Gasteiger partial charge in [-0.3, -0.25) is 10.1 Å². The van der Waals surface area contributed by atoms with Crippen LogP contribution in [0.5, 0.6) is 0 Å².